The monoisotopic (exact) mass is 272 g/mol. The Kier molecular flexibility index (Phi) is 4.51. The van der Waals surface area contributed by atoms with Crippen molar-refractivity contribution in [2.24, 2.45) is 10.9 Å². The third-order valence-electron chi connectivity index (χ3n) is 2.31. The van der Waals surface area contributed by atoms with Crippen LogP contribution in [0.4, 0.5) is 5.69 Å². The molecule has 1 aromatic carbocycles. The molecule has 0 saturated heterocycles. The average molecular weight is 272 g/mol. The Morgan fingerprint density at radius 2 is 2.11 bits per heavy atom. The lowest BCUT2D eigenvalue weighted by molar-refractivity contribution is 0.318. The Bertz CT molecular complexity index is 542. The minimum absolute atomic E-state index is 0.149. The van der Waals surface area contributed by atoms with Gasteiger partial charge in [0, 0.05) is 19.2 Å². The number of hydrogen-bond acceptors (Lipinski definition) is 4. The van der Waals surface area contributed by atoms with Crippen molar-refractivity contribution < 1.29 is 13.6 Å². The van der Waals surface area contributed by atoms with Crippen LogP contribution in [0, 0.1) is 0 Å². The zero-order valence-corrected chi connectivity index (χ0v) is 11.0. The van der Waals surface area contributed by atoms with E-state index in [0.29, 0.717) is 11.3 Å². The molecule has 8 heteroatoms. The molecule has 0 spiro atoms. The molecule has 7 nitrogen and oxygen atoms in total. The van der Waals surface area contributed by atoms with E-state index in [9.17, 15) is 8.42 Å². The first-order chi connectivity index (χ1) is 8.44. The minimum atomic E-state index is -3.64. The SMILES string of the molecule is CCNS(=O)(=O)N(C)c1ccccc1/C(N)=N/O. The van der Waals surface area contributed by atoms with Gasteiger partial charge < -0.3 is 10.9 Å². The molecule has 0 aromatic heterocycles. The summed E-state index contributed by atoms with van der Waals surface area (Å²) in [7, 11) is -2.25. The smallest absolute Gasteiger partial charge is 0.301 e. The zero-order chi connectivity index (χ0) is 13.8. The summed E-state index contributed by atoms with van der Waals surface area (Å²) in [5, 5.41) is 11.6. The number of anilines is 1. The van der Waals surface area contributed by atoms with E-state index in [0.717, 1.165) is 4.31 Å². The largest absolute Gasteiger partial charge is 0.409 e. The third kappa shape index (κ3) is 2.90. The summed E-state index contributed by atoms with van der Waals surface area (Å²) in [6.45, 7) is 1.96. The molecule has 0 heterocycles. The summed E-state index contributed by atoms with van der Waals surface area (Å²) < 4.78 is 27.1. The second-order valence-electron chi connectivity index (χ2n) is 3.47. The first-order valence-electron chi connectivity index (χ1n) is 5.24. The number of hydrogen-bond donors (Lipinski definition) is 3. The predicted octanol–water partition coefficient (Wildman–Crippen LogP) is 0.0716. The number of benzene rings is 1. The number of nitrogens with zero attached hydrogens (tertiary/aromatic N) is 2. The van der Waals surface area contributed by atoms with Gasteiger partial charge in [0.15, 0.2) is 5.84 Å². The molecule has 0 atom stereocenters. The average Bonchev–Trinajstić information content (AvgIpc) is 2.37. The molecule has 0 fully saturated rings. The van der Waals surface area contributed by atoms with Crippen LogP contribution >= 0.6 is 0 Å². The molecule has 1 aromatic rings. The highest BCUT2D eigenvalue weighted by molar-refractivity contribution is 7.90. The molecule has 18 heavy (non-hydrogen) atoms. The first-order valence-corrected chi connectivity index (χ1v) is 6.68. The van der Waals surface area contributed by atoms with E-state index in [1.54, 1.807) is 31.2 Å². The normalized spacial score (nSPS) is 12.4. The highest BCUT2D eigenvalue weighted by Crippen LogP contribution is 2.20. The Hall–Kier alpha value is -1.80. The van der Waals surface area contributed by atoms with Gasteiger partial charge in [0.05, 0.1) is 5.69 Å². The number of rotatable bonds is 5. The van der Waals surface area contributed by atoms with Crippen LogP contribution in [0.1, 0.15) is 12.5 Å². The Morgan fingerprint density at radius 3 is 2.67 bits per heavy atom. The third-order valence-corrected chi connectivity index (χ3v) is 3.89. The molecular weight excluding hydrogens is 256 g/mol. The molecule has 0 aliphatic heterocycles. The van der Waals surface area contributed by atoms with Gasteiger partial charge in [0.25, 0.3) is 0 Å². The minimum Gasteiger partial charge on any atom is -0.409 e. The summed E-state index contributed by atoms with van der Waals surface area (Å²) >= 11 is 0. The molecular formula is C10H16N4O3S. The van der Waals surface area contributed by atoms with Crippen molar-refractivity contribution in [3.8, 4) is 0 Å². The predicted molar refractivity (Wildman–Crippen MR) is 70.0 cm³/mol. The summed E-state index contributed by atoms with van der Waals surface area (Å²) in [4.78, 5) is 0. The van der Waals surface area contributed by atoms with Gasteiger partial charge in [-0.05, 0) is 12.1 Å². The Balaban J connectivity index is 3.26. The fourth-order valence-corrected chi connectivity index (χ4v) is 2.40. The van der Waals surface area contributed by atoms with Crippen LogP contribution in [-0.2, 0) is 10.2 Å². The highest BCUT2D eigenvalue weighted by Gasteiger charge is 2.20. The molecule has 100 valence electrons. The van der Waals surface area contributed by atoms with Crippen LogP contribution in [-0.4, -0.2) is 33.1 Å². The topological polar surface area (TPSA) is 108 Å². The van der Waals surface area contributed by atoms with E-state index in [2.05, 4.69) is 9.88 Å². The Morgan fingerprint density at radius 1 is 1.50 bits per heavy atom. The quantitative estimate of drug-likeness (QED) is 0.305. The standard InChI is InChI=1S/C10H16N4O3S/c1-3-12-18(16,17)14(2)9-7-5-4-6-8(9)10(11)13-15/h4-7,12,15H,3H2,1-2H3,(H2,11,13). The van der Waals surface area contributed by atoms with Gasteiger partial charge in [0.1, 0.15) is 0 Å². The molecule has 0 aliphatic rings. The van der Waals surface area contributed by atoms with E-state index >= 15 is 0 Å². The van der Waals surface area contributed by atoms with Crippen LogP contribution < -0.4 is 14.8 Å². The second-order valence-corrected chi connectivity index (χ2v) is 5.26. The van der Waals surface area contributed by atoms with Crippen molar-refractivity contribution in [2.45, 2.75) is 6.92 Å². The van der Waals surface area contributed by atoms with Crippen molar-refractivity contribution in [3.63, 3.8) is 0 Å². The number of amidine groups is 1. The van der Waals surface area contributed by atoms with Gasteiger partial charge in [-0.25, -0.2) is 0 Å². The van der Waals surface area contributed by atoms with Gasteiger partial charge in [0.2, 0.25) is 0 Å². The van der Waals surface area contributed by atoms with Crippen molar-refractivity contribution in [2.75, 3.05) is 17.9 Å². The van der Waals surface area contributed by atoms with Crippen molar-refractivity contribution in [1.29, 1.82) is 0 Å². The first kappa shape index (κ1) is 14.3. The fourth-order valence-electron chi connectivity index (χ4n) is 1.43. The van der Waals surface area contributed by atoms with Gasteiger partial charge in [-0.2, -0.15) is 13.1 Å². The fraction of sp³-hybridized carbons (Fsp3) is 0.300. The molecule has 0 aliphatic carbocycles. The van der Waals surface area contributed by atoms with Crippen LogP contribution in [0.15, 0.2) is 29.4 Å². The lowest BCUT2D eigenvalue weighted by atomic mass is 10.1. The molecule has 0 radical (unpaired) electrons. The van der Waals surface area contributed by atoms with Crippen LogP contribution in [0.3, 0.4) is 0 Å². The van der Waals surface area contributed by atoms with Gasteiger partial charge in [-0.1, -0.05) is 24.2 Å². The van der Waals surface area contributed by atoms with Crippen LogP contribution in [0.2, 0.25) is 0 Å². The van der Waals surface area contributed by atoms with Gasteiger partial charge in [-0.3, -0.25) is 4.31 Å². The second kappa shape index (κ2) is 5.69. The van der Waals surface area contributed by atoms with Crippen LogP contribution in [0.25, 0.3) is 0 Å². The number of nitrogens with one attached hydrogen (secondary N) is 1. The lowest BCUT2D eigenvalue weighted by Gasteiger charge is -2.21. The van der Waals surface area contributed by atoms with Gasteiger partial charge >= 0.3 is 10.2 Å². The highest BCUT2D eigenvalue weighted by atomic mass is 32.2. The number of nitrogens with two attached hydrogens (primary N) is 1. The maximum absolute atomic E-state index is 11.9. The van der Waals surface area contributed by atoms with E-state index in [1.165, 1.54) is 7.05 Å². The maximum Gasteiger partial charge on any atom is 0.301 e. The molecule has 0 unspecified atom stereocenters. The molecule has 0 bridgehead atoms. The lowest BCUT2D eigenvalue weighted by Crippen LogP contribution is -2.39. The zero-order valence-electron chi connectivity index (χ0n) is 10.2. The molecule has 4 N–H and O–H groups in total. The Labute approximate surface area is 106 Å². The van der Waals surface area contributed by atoms with E-state index in [4.69, 9.17) is 10.9 Å². The van der Waals surface area contributed by atoms with E-state index < -0.39 is 10.2 Å². The van der Waals surface area contributed by atoms with Crippen LogP contribution in [0.5, 0.6) is 0 Å². The summed E-state index contributed by atoms with van der Waals surface area (Å²) in [6, 6.07) is 6.48. The van der Waals surface area contributed by atoms with Crippen molar-refractivity contribution in [1.82, 2.24) is 4.72 Å². The summed E-state index contributed by atoms with van der Waals surface area (Å²) in [5.74, 6) is -0.149. The summed E-state index contributed by atoms with van der Waals surface area (Å²) in [6.07, 6.45) is 0. The van der Waals surface area contributed by atoms with Gasteiger partial charge in [-0.15, -0.1) is 0 Å². The summed E-state index contributed by atoms with van der Waals surface area (Å²) in [5.41, 5.74) is 6.17. The van der Waals surface area contributed by atoms with E-state index in [-0.39, 0.29) is 12.4 Å². The number of oxime groups is 1. The number of para-hydroxylation sites is 1. The maximum atomic E-state index is 11.9. The van der Waals surface area contributed by atoms with E-state index in [1.807, 2.05) is 0 Å². The molecule has 0 saturated carbocycles. The van der Waals surface area contributed by atoms with Crippen molar-refractivity contribution in [3.05, 3.63) is 29.8 Å². The van der Waals surface area contributed by atoms with Crippen molar-refractivity contribution >= 4 is 21.7 Å². The molecule has 1 rings (SSSR count). The molecule has 0 amide bonds.